The van der Waals surface area contributed by atoms with E-state index in [9.17, 15) is 14.4 Å². The molecule has 0 radical (unpaired) electrons. The van der Waals surface area contributed by atoms with E-state index in [4.69, 9.17) is 5.11 Å². The minimum atomic E-state index is -0.981. The van der Waals surface area contributed by atoms with Crippen LogP contribution >= 0.6 is 11.3 Å². The second-order valence-electron chi connectivity index (χ2n) is 5.36. The summed E-state index contributed by atoms with van der Waals surface area (Å²) in [5.41, 5.74) is 0.917. The third kappa shape index (κ3) is 5.68. The molecule has 0 aliphatic rings. The first-order chi connectivity index (χ1) is 12.0. The summed E-state index contributed by atoms with van der Waals surface area (Å²) >= 11 is 1.16. The van der Waals surface area contributed by atoms with Crippen LogP contribution in [-0.2, 0) is 16.0 Å². The fraction of sp³-hybridized carbons (Fsp3) is 0.294. The van der Waals surface area contributed by atoms with Gasteiger partial charge in [-0.25, -0.2) is 4.98 Å². The van der Waals surface area contributed by atoms with E-state index in [2.05, 4.69) is 10.3 Å². The van der Waals surface area contributed by atoms with Gasteiger partial charge in [0, 0.05) is 17.5 Å². The van der Waals surface area contributed by atoms with Crippen molar-refractivity contribution >= 4 is 34.3 Å². The van der Waals surface area contributed by atoms with Crippen molar-refractivity contribution in [2.75, 3.05) is 18.4 Å². The second-order valence-corrected chi connectivity index (χ2v) is 6.21. The first-order valence-electron chi connectivity index (χ1n) is 7.80. The minimum absolute atomic E-state index is 0.0879. The Bertz CT molecular complexity index is 745. The molecule has 1 aromatic heterocycles. The molecular formula is C17H19N3O4S. The zero-order valence-electron chi connectivity index (χ0n) is 13.8. The fourth-order valence-corrected chi connectivity index (χ4v) is 2.94. The summed E-state index contributed by atoms with van der Waals surface area (Å²) in [5.74, 6) is -1.55. The number of hydrogen-bond donors (Lipinski definition) is 2. The Hall–Kier alpha value is -2.74. The topological polar surface area (TPSA) is 99.6 Å². The highest BCUT2D eigenvalue weighted by Crippen LogP contribution is 2.16. The van der Waals surface area contributed by atoms with Gasteiger partial charge >= 0.3 is 5.97 Å². The van der Waals surface area contributed by atoms with Crippen LogP contribution in [0, 0.1) is 0 Å². The van der Waals surface area contributed by atoms with E-state index in [0.717, 1.165) is 17.8 Å². The zero-order chi connectivity index (χ0) is 18.2. The van der Waals surface area contributed by atoms with Crippen LogP contribution < -0.4 is 5.32 Å². The highest BCUT2D eigenvalue weighted by atomic mass is 32.1. The van der Waals surface area contributed by atoms with Gasteiger partial charge in [0.25, 0.3) is 5.91 Å². The SMILES string of the molecule is CCCN(CC(=O)Nc1nc(CC(=O)O)cs1)C(=O)c1ccccc1. The number of thiazole rings is 1. The first kappa shape index (κ1) is 18.6. The van der Waals surface area contributed by atoms with Crippen molar-refractivity contribution < 1.29 is 19.5 Å². The number of anilines is 1. The number of carbonyl (C=O) groups is 3. The minimum Gasteiger partial charge on any atom is -0.481 e. The van der Waals surface area contributed by atoms with Crippen LogP contribution in [-0.4, -0.2) is 45.9 Å². The number of hydrogen-bond acceptors (Lipinski definition) is 5. The predicted octanol–water partition coefficient (Wildman–Crippen LogP) is 2.26. The van der Waals surface area contributed by atoms with Gasteiger partial charge in [-0.3, -0.25) is 14.4 Å². The van der Waals surface area contributed by atoms with Crippen LogP contribution in [0.5, 0.6) is 0 Å². The molecule has 0 fully saturated rings. The Labute approximate surface area is 149 Å². The molecule has 7 nitrogen and oxygen atoms in total. The van der Waals surface area contributed by atoms with Gasteiger partial charge in [0.15, 0.2) is 5.13 Å². The van der Waals surface area contributed by atoms with E-state index in [1.807, 2.05) is 13.0 Å². The summed E-state index contributed by atoms with van der Waals surface area (Å²) in [6.45, 7) is 2.31. The summed E-state index contributed by atoms with van der Waals surface area (Å²) in [4.78, 5) is 40.9. The number of carbonyl (C=O) groups excluding carboxylic acids is 2. The molecule has 0 bridgehead atoms. The lowest BCUT2D eigenvalue weighted by Crippen LogP contribution is -2.38. The Morgan fingerprint density at radius 1 is 1.24 bits per heavy atom. The monoisotopic (exact) mass is 361 g/mol. The first-order valence-corrected chi connectivity index (χ1v) is 8.68. The number of nitrogens with zero attached hydrogens (tertiary/aromatic N) is 2. The van der Waals surface area contributed by atoms with Gasteiger partial charge in [0.1, 0.15) is 6.54 Å². The molecule has 25 heavy (non-hydrogen) atoms. The van der Waals surface area contributed by atoms with Crippen molar-refractivity contribution in [2.24, 2.45) is 0 Å². The summed E-state index contributed by atoms with van der Waals surface area (Å²) in [6.07, 6.45) is 0.534. The number of carboxylic acid groups (broad SMARTS) is 1. The van der Waals surface area contributed by atoms with Gasteiger partial charge in [0.05, 0.1) is 12.1 Å². The maximum atomic E-state index is 12.5. The van der Waals surface area contributed by atoms with Crippen LogP contribution in [0.1, 0.15) is 29.4 Å². The van der Waals surface area contributed by atoms with Crippen molar-refractivity contribution in [1.29, 1.82) is 0 Å². The van der Waals surface area contributed by atoms with Gasteiger partial charge in [-0.05, 0) is 18.6 Å². The molecule has 0 saturated carbocycles. The average molecular weight is 361 g/mol. The molecule has 0 aliphatic carbocycles. The molecule has 8 heteroatoms. The number of carboxylic acids is 1. The molecule has 0 spiro atoms. The number of rotatable bonds is 8. The van der Waals surface area contributed by atoms with E-state index in [1.165, 1.54) is 4.90 Å². The van der Waals surface area contributed by atoms with Crippen molar-refractivity contribution in [1.82, 2.24) is 9.88 Å². The molecule has 0 atom stereocenters. The molecule has 132 valence electrons. The zero-order valence-corrected chi connectivity index (χ0v) is 14.6. The van der Waals surface area contributed by atoms with E-state index in [1.54, 1.807) is 29.6 Å². The van der Waals surface area contributed by atoms with Crippen molar-refractivity contribution in [3.05, 3.63) is 47.0 Å². The molecule has 2 rings (SSSR count). The average Bonchev–Trinajstić information content (AvgIpc) is 3.00. The Morgan fingerprint density at radius 3 is 2.60 bits per heavy atom. The maximum Gasteiger partial charge on any atom is 0.309 e. The van der Waals surface area contributed by atoms with Crippen LogP contribution in [0.3, 0.4) is 0 Å². The molecular weight excluding hydrogens is 342 g/mol. The van der Waals surface area contributed by atoms with Crippen LogP contribution in [0.4, 0.5) is 5.13 Å². The predicted molar refractivity (Wildman–Crippen MR) is 94.7 cm³/mol. The smallest absolute Gasteiger partial charge is 0.309 e. The van der Waals surface area contributed by atoms with Gasteiger partial charge in [-0.15, -0.1) is 11.3 Å². The van der Waals surface area contributed by atoms with Gasteiger partial charge in [0.2, 0.25) is 5.91 Å². The number of aromatic nitrogens is 1. The van der Waals surface area contributed by atoms with Gasteiger partial charge in [-0.1, -0.05) is 25.1 Å². The summed E-state index contributed by atoms with van der Waals surface area (Å²) in [5, 5.41) is 13.3. The third-order valence-electron chi connectivity index (χ3n) is 3.27. The maximum absolute atomic E-state index is 12.5. The molecule has 2 amide bonds. The fourth-order valence-electron chi connectivity index (χ4n) is 2.22. The molecule has 1 aromatic carbocycles. The second kappa shape index (κ2) is 8.93. The van der Waals surface area contributed by atoms with Crippen molar-refractivity contribution in [2.45, 2.75) is 19.8 Å². The number of benzene rings is 1. The standard InChI is InChI=1S/C17H19N3O4S/c1-2-8-20(16(24)12-6-4-3-5-7-12)10-14(21)19-17-18-13(11-25-17)9-15(22)23/h3-7,11H,2,8-10H2,1H3,(H,22,23)(H,18,19,21). The number of amides is 2. The Balaban J connectivity index is 1.99. The summed E-state index contributed by atoms with van der Waals surface area (Å²) in [6, 6.07) is 8.79. The number of aliphatic carboxylic acids is 1. The highest BCUT2D eigenvalue weighted by molar-refractivity contribution is 7.13. The van der Waals surface area contributed by atoms with E-state index < -0.39 is 5.97 Å². The summed E-state index contributed by atoms with van der Waals surface area (Å²) in [7, 11) is 0. The molecule has 0 saturated heterocycles. The lowest BCUT2D eigenvalue weighted by molar-refractivity contribution is -0.136. The van der Waals surface area contributed by atoms with Crippen LogP contribution in [0.15, 0.2) is 35.7 Å². The lowest BCUT2D eigenvalue weighted by Gasteiger charge is -2.21. The molecule has 0 aliphatic heterocycles. The lowest BCUT2D eigenvalue weighted by atomic mass is 10.2. The van der Waals surface area contributed by atoms with Crippen molar-refractivity contribution in [3.63, 3.8) is 0 Å². The van der Waals surface area contributed by atoms with E-state index in [0.29, 0.717) is 22.9 Å². The molecule has 2 N–H and O–H groups in total. The van der Waals surface area contributed by atoms with E-state index in [-0.39, 0.29) is 24.8 Å². The highest BCUT2D eigenvalue weighted by Gasteiger charge is 2.18. The van der Waals surface area contributed by atoms with Crippen molar-refractivity contribution in [3.8, 4) is 0 Å². The van der Waals surface area contributed by atoms with E-state index >= 15 is 0 Å². The Kier molecular flexibility index (Phi) is 6.64. The molecule has 0 unspecified atom stereocenters. The molecule has 1 heterocycles. The third-order valence-corrected chi connectivity index (χ3v) is 4.07. The normalized spacial score (nSPS) is 10.3. The Morgan fingerprint density at radius 2 is 1.96 bits per heavy atom. The van der Waals surface area contributed by atoms with Crippen LogP contribution in [0.2, 0.25) is 0 Å². The molecule has 2 aromatic rings. The number of nitrogens with one attached hydrogen (secondary N) is 1. The van der Waals surface area contributed by atoms with Gasteiger partial charge < -0.3 is 15.3 Å². The quantitative estimate of drug-likeness (QED) is 0.751. The van der Waals surface area contributed by atoms with Gasteiger partial charge in [-0.2, -0.15) is 0 Å². The largest absolute Gasteiger partial charge is 0.481 e. The summed E-state index contributed by atoms with van der Waals surface area (Å²) < 4.78 is 0. The van der Waals surface area contributed by atoms with Crippen LogP contribution in [0.25, 0.3) is 0 Å².